The monoisotopic (exact) mass is 425 g/mol. The van der Waals surface area contributed by atoms with Crippen LogP contribution in [0, 0.1) is 5.82 Å². The molecule has 1 fully saturated rings. The molecule has 3 heterocycles. The van der Waals surface area contributed by atoms with E-state index in [4.69, 9.17) is 4.74 Å². The van der Waals surface area contributed by atoms with Crippen molar-refractivity contribution in [3.8, 4) is 5.75 Å². The van der Waals surface area contributed by atoms with Crippen LogP contribution in [0.25, 0.3) is 11.0 Å². The molecule has 162 valence electrons. The second-order valence-electron chi connectivity index (χ2n) is 7.37. The molecule has 0 radical (unpaired) electrons. The average Bonchev–Trinajstić information content (AvgIpc) is 2.80. The highest BCUT2D eigenvalue weighted by atomic mass is 19.1. The number of hydrogen-bond donors (Lipinski definition) is 1. The van der Waals surface area contributed by atoms with Crippen LogP contribution in [0.2, 0.25) is 0 Å². The van der Waals surface area contributed by atoms with Gasteiger partial charge in [0.05, 0.1) is 24.3 Å². The number of ether oxygens (including phenoxy) is 1. The zero-order chi connectivity index (χ0) is 21.8. The summed E-state index contributed by atoms with van der Waals surface area (Å²) in [5.41, 5.74) is 1.96. The lowest BCUT2D eigenvalue weighted by molar-refractivity contribution is 0.144. The fraction of sp³-hybridized carbons (Fsp3) is 0.318. The Morgan fingerprint density at radius 3 is 2.55 bits per heavy atom. The number of aromatic nitrogens is 2. The quantitative estimate of drug-likeness (QED) is 0.679. The van der Waals surface area contributed by atoms with Crippen molar-refractivity contribution in [3.05, 3.63) is 64.8 Å². The maximum absolute atomic E-state index is 13.0. The van der Waals surface area contributed by atoms with E-state index in [-0.39, 0.29) is 17.4 Å². The van der Waals surface area contributed by atoms with E-state index in [1.807, 2.05) is 6.07 Å². The molecule has 0 unspecified atom stereocenters. The molecule has 31 heavy (non-hydrogen) atoms. The van der Waals surface area contributed by atoms with Gasteiger partial charge in [-0.2, -0.15) is 0 Å². The molecule has 0 spiro atoms. The number of carbonyl (C=O) groups excluding carboxylic acids is 1. The number of methoxy groups -OCH3 is 1. The number of nitrogens with zero attached hydrogens (tertiary/aromatic N) is 4. The lowest BCUT2D eigenvalue weighted by atomic mass is 10.3. The van der Waals surface area contributed by atoms with Crippen LogP contribution >= 0.6 is 0 Å². The summed E-state index contributed by atoms with van der Waals surface area (Å²) in [7, 11) is 1.57. The molecular weight excluding hydrogens is 401 g/mol. The lowest BCUT2D eigenvalue weighted by Crippen LogP contribution is -2.50. The summed E-state index contributed by atoms with van der Waals surface area (Å²) in [4.78, 5) is 33.2. The predicted molar refractivity (Wildman–Crippen MR) is 116 cm³/mol. The Bertz CT molecular complexity index is 1120. The molecule has 1 aliphatic rings. The van der Waals surface area contributed by atoms with Gasteiger partial charge in [-0.1, -0.05) is 0 Å². The summed E-state index contributed by atoms with van der Waals surface area (Å²) in [6.07, 6.45) is 1.63. The molecule has 2 amide bonds. The molecule has 1 N–H and O–H groups in total. The van der Waals surface area contributed by atoms with Gasteiger partial charge in [-0.05, 0) is 30.3 Å². The fourth-order valence-electron chi connectivity index (χ4n) is 3.64. The van der Waals surface area contributed by atoms with Crippen LogP contribution in [0.3, 0.4) is 0 Å². The zero-order valence-electron chi connectivity index (χ0n) is 17.3. The van der Waals surface area contributed by atoms with Crippen LogP contribution in [0.1, 0.15) is 0 Å². The second-order valence-corrected chi connectivity index (χ2v) is 7.37. The number of fused-ring (bicyclic) bond motifs is 1. The topological polar surface area (TPSA) is 79.7 Å². The van der Waals surface area contributed by atoms with Crippen molar-refractivity contribution in [3.63, 3.8) is 0 Å². The number of anilines is 1. The van der Waals surface area contributed by atoms with Crippen LogP contribution in [0.5, 0.6) is 5.75 Å². The maximum atomic E-state index is 13.0. The molecule has 0 bridgehead atoms. The molecule has 0 atom stereocenters. The minimum absolute atomic E-state index is 0.0835. The number of piperazine rings is 1. The highest BCUT2D eigenvalue weighted by molar-refractivity contribution is 5.89. The number of pyridine rings is 2. The van der Waals surface area contributed by atoms with Crippen molar-refractivity contribution >= 4 is 22.8 Å². The molecule has 1 saturated heterocycles. The van der Waals surface area contributed by atoms with Gasteiger partial charge in [0, 0.05) is 57.1 Å². The molecule has 3 aromatic rings. The molecule has 4 rings (SSSR count). The van der Waals surface area contributed by atoms with Crippen LogP contribution in [-0.2, 0) is 6.54 Å². The van der Waals surface area contributed by atoms with E-state index in [1.165, 1.54) is 30.3 Å². The molecular formula is C22H24FN5O3. The summed E-state index contributed by atoms with van der Waals surface area (Å²) < 4.78 is 20.0. The number of urea groups is 1. The van der Waals surface area contributed by atoms with Gasteiger partial charge in [-0.15, -0.1) is 0 Å². The Morgan fingerprint density at radius 1 is 1.10 bits per heavy atom. The largest absolute Gasteiger partial charge is 0.495 e. The van der Waals surface area contributed by atoms with Crippen LogP contribution in [-0.4, -0.2) is 65.2 Å². The first-order valence-electron chi connectivity index (χ1n) is 10.1. The van der Waals surface area contributed by atoms with Gasteiger partial charge in [-0.3, -0.25) is 14.7 Å². The molecule has 0 aliphatic carbocycles. The highest BCUT2D eigenvalue weighted by Gasteiger charge is 2.21. The van der Waals surface area contributed by atoms with Crippen molar-refractivity contribution < 1.29 is 13.9 Å². The molecule has 1 aliphatic heterocycles. The third-order valence-corrected chi connectivity index (χ3v) is 5.44. The summed E-state index contributed by atoms with van der Waals surface area (Å²) in [5.74, 6) is 0.263. The molecule has 0 saturated carbocycles. The summed E-state index contributed by atoms with van der Waals surface area (Å²) >= 11 is 0. The van der Waals surface area contributed by atoms with E-state index in [9.17, 15) is 14.0 Å². The first kappa shape index (κ1) is 20.8. The van der Waals surface area contributed by atoms with Gasteiger partial charge in [0.25, 0.3) is 5.56 Å². The number of hydrogen-bond acceptors (Lipinski definition) is 5. The second kappa shape index (κ2) is 9.13. The fourth-order valence-corrected chi connectivity index (χ4v) is 3.64. The normalized spacial score (nSPS) is 14.6. The number of carbonyl (C=O) groups is 1. The Hall–Kier alpha value is -3.46. The summed E-state index contributed by atoms with van der Waals surface area (Å²) in [6, 6.07) is 10.6. The van der Waals surface area contributed by atoms with Gasteiger partial charge < -0.3 is 19.5 Å². The van der Waals surface area contributed by atoms with E-state index in [2.05, 4.69) is 15.2 Å². The Kier molecular flexibility index (Phi) is 6.13. The van der Waals surface area contributed by atoms with E-state index in [0.717, 1.165) is 11.0 Å². The Morgan fingerprint density at radius 2 is 1.84 bits per heavy atom. The first-order valence-corrected chi connectivity index (χ1v) is 10.1. The third kappa shape index (κ3) is 4.83. The first-order chi connectivity index (χ1) is 15.0. The van der Waals surface area contributed by atoms with Crippen LogP contribution < -0.4 is 15.6 Å². The van der Waals surface area contributed by atoms with Gasteiger partial charge >= 0.3 is 6.03 Å². The molecule has 8 nitrogen and oxygen atoms in total. The highest BCUT2D eigenvalue weighted by Crippen LogP contribution is 2.17. The maximum Gasteiger partial charge on any atom is 0.321 e. The van der Waals surface area contributed by atoms with Crippen molar-refractivity contribution in [1.82, 2.24) is 19.4 Å². The van der Waals surface area contributed by atoms with Crippen molar-refractivity contribution in [1.29, 1.82) is 0 Å². The van der Waals surface area contributed by atoms with Gasteiger partial charge in [-0.25, -0.2) is 9.18 Å². The number of rotatable bonds is 5. The van der Waals surface area contributed by atoms with Gasteiger partial charge in [0.2, 0.25) is 0 Å². The van der Waals surface area contributed by atoms with E-state index in [0.29, 0.717) is 50.7 Å². The van der Waals surface area contributed by atoms with Crippen molar-refractivity contribution in [2.45, 2.75) is 6.54 Å². The molecule has 2 aromatic heterocycles. The van der Waals surface area contributed by atoms with Crippen LogP contribution in [0.4, 0.5) is 14.9 Å². The van der Waals surface area contributed by atoms with E-state index in [1.54, 1.807) is 28.8 Å². The predicted octanol–water partition coefficient (Wildman–Crippen LogP) is 2.39. The molecule has 9 heteroatoms. The lowest BCUT2D eigenvalue weighted by Gasteiger charge is -2.34. The van der Waals surface area contributed by atoms with Gasteiger partial charge in [0.1, 0.15) is 11.6 Å². The number of benzene rings is 1. The third-order valence-electron chi connectivity index (χ3n) is 5.44. The zero-order valence-corrected chi connectivity index (χ0v) is 17.3. The smallest absolute Gasteiger partial charge is 0.321 e. The van der Waals surface area contributed by atoms with E-state index >= 15 is 0 Å². The number of amides is 2. The average molecular weight is 425 g/mol. The van der Waals surface area contributed by atoms with Crippen molar-refractivity contribution in [2.24, 2.45) is 0 Å². The van der Waals surface area contributed by atoms with Crippen LogP contribution in [0.15, 0.2) is 53.5 Å². The summed E-state index contributed by atoms with van der Waals surface area (Å²) in [6.45, 7) is 3.77. The number of halogens is 1. The standard InChI is InChI=1S/C22H24FN5O3/c1-31-18-14-20-19(24-15-18)6-7-21(29)28(20)13-10-26-8-11-27(12-9-26)22(30)25-17-4-2-16(23)3-5-17/h2-7,14-15H,8-13H2,1H3,(H,25,30). The SMILES string of the molecule is COc1cnc2ccc(=O)n(CCN3CCN(C(=O)Nc4ccc(F)cc4)CC3)c2c1. The summed E-state index contributed by atoms with van der Waals surface area (Å²) in [5, 5.41) is 2.79. The number of nitrogens with one attached hydrogen (secondary N) is 1. The van der Waals surface area contributed by atoms with E-state index < -0.39 is 0 Å². The Labute approximate surface area is 178 Å². The minimum Gasteiger partial charge on any atom is -0.495 e. The minimum atomic E-state index is -0.342. The van der Waals surface area contributed by atoms with Crippen molar-refractivity contribution in [2.75, 3.05) is 45.2 Å². The molecule has 1 aromatic carbocycles. The Balaban J connectivity index is 1.34. The van der Waals surface area contributed by atoms with Gasteiger partial charge in [0.15, 0.2) is 0 Å².